The Morgan fingerprint density at radius 1 is 0.495 bits per heavy atom. The molecule has 7 aromatic rings. The molecule has 2 aromatic heterocycles. The standard InChI is InChI=1S/C75H96N16O6/c1-51(77-3)71(93)83-70-59(47-79-45-55-24-10-5-11-25-55)35-37-61-39-41-65(91(61)75(70)97)73(95)82-68(57-28-14-7-15-29-57)63-50-89(87-85-63)43-19-17-21-53-32-30-52(31-33-53)20-16-18-42-88-49-62(84-86-88)67(56-26-12-6-13-27-56)81-72(94)64-40-38-60-36-34-58(46-78-44-54-22-8-4-9-23-54)69(74(96)90(60)64)80-66(92)48-76-2/h4-15,22-33,49-51,58-61,64-65,67-70,76-79H,16-21,34-48H2,1-3H3,(H,80,92)(H,81,94)(H,82,95)(H,83,93)/t51-,58+,59+,60-,61-,64-,65-,67-,68-,69-,70-/m0/s1. The van der Waals surface area contributed by atoms with Crippen LogP contribution >= 0.6 is 0 Å². The Kier molecular flexibility index (Phi) is 24.5. The predicted octanol–water partition coefficient (Wildman–Crippen LogP) is 6.24. The normalized spacial score (nSPS) is 21.8. The van der Waals surface area contributed by atoms with E-state index >= 15 is 0 Å². The number of hydrogen-bond donors (Lipinski definition) is 8. The van der Waals surface area contributed by atoms with Gasteiger partial charge in [-0.05, 0) is 144 Å². The van der Waals surface area contributed by atoms with Gasteiger partial charge in [-0.15, -0.1) is 10.2 Å². The number of amides is 6. The first-order valence-corrected chi connectivity index (χ1v) is 35.0. The molecular formula is C75H96N16O6. The van der Waals surface area contributed by atoms with Crippen molar-refractivity contribution in [1.29, 1.82) is 0 Å². The summed E-state index contributed by atoms with van der Waals surface area (Å²) in [4.78, 5) is 88.7. The topological polar surface area (TPSA) is 267 Å². The molecule has 4 saturated heterocycles. The van der Waals surface area contributed by atoms with E-state index in [2.05, 4.69) is 112 Å². The van der Waals surface area contributed by atoms with E-state index in [9.17, 15) is 28.8 Å². The third kappa shape index (κ3) is 18.2. The van der Waals surface area contributed by atoms with Crippen molar-refractivity contribution in [2.75, 3.05) is 33.7 Å². The maximum absolute atomic E-state index is 14.8. The predicted molar refractivity (Wildman–Crippen MR) is 371 cm³/mol. The average molecular weight is 1320 g/mol. The first-order valence-electron chi connectivity index (χ1n) is 35.0. The first-order chi connectivity index (χ1) is 47.4. The van der Waals surface area contributed by atoms with Crippen LogP contribution in [0.1, 0.15) is 141 Å². The molecule has 512 valence electrons. The Bertz CT molecular complexity index is 3670. The van der Waals surface area contributed by atoms with Gasteiger partial charge in [0.05, 0.1) is 37.1 Å². The lowest BCUT2D eigenvalue weighted by molar-refractivity contribution is -0.143. The lowest BCUT2D eigenvalue weighted by atomic mass is 9.92. The van der Waals surface area contributed by atoms with Crippen LogP contribution in [0.25, 0.3) is 0 Å². The highest BCUT2D eigenvalue weighted by atomic mass is 16.2. The van der Waals surface area contributed by atoms with Crippen LogP contribution in [0.4, 0.5) is 0 Å². The Hall–Kier alpha value is -8.96. The van der Waals surface area contributed by atoms with E-state index in [-0.39, 0.29) is 65.9 Å². The molecule has 6 heterocycles. The van der Waals surface area contributed by atoms with Gasteiger partial charge in [-0.2, -0.15) is 0 Å². The highest BCUT2D eigenvalue weighted by Crippen LogP contribution is 2.37. The molecule has 22 nitrogen and oxygen atoms in total. The summed E-state index contributed by atoms with van der Waals surface area (Å²) in [5.41, 5.74) is 7.73. The monoisotopic (exact) mass is 1320 g/mol. The summed E-state index contributed by atoms with van der Waals surface area (Å²) < 4.78 is 3.68. The molecule has 0 radical (unpaired) electrons. The summed E-state index contributed by atoms with van der Waals surface area (Å²) in [6.45, 7) is 5.52. The number of carbonyl (C=O) groups excluding carboxylic acids is 6. The average Bonchev–Trinajstić information content (AvgIpc) is 1.98. The number of likely N-dealkylation sites (N-methyl/N-ethyl adjacent to an activating group) is 2. The molecule has 4 aliphatic heterocycles. The number of nitrogens with zero attached hydrogens (tertiary/aromatic N) is 8. The second-order valence-corrected chi connectivity index (χ2v) is 26.7. The number of hydrogen-bond acceptors (Lipinski definition) is 14. The highest BCUT2D eigenvalue weighted by Gasteiger charge is 2.50. The maximum atomic E-state index is 14.8. The summed E-state index contributed by atoms with van der Waals surface area (Å²) in [6, 6.07) is 43.7. The molecule has 0 bridgehead atoms. The number of aryl methyl sites for hydroxylation is 4. The highest BCUT2D eigenvalue weighted by molar-refractivity contribution is 5.95. The van der Waals surface area contributed by atoms with Gasteiger partial charge in [0.25, 0.3) is 0 Å². The van der Waals surface area contributed by atoms with Crippen molar-refractivity contribution in [3.63, 3.8) is 0 Å². The second-order valence-electron chi connectivity index (χ2n) is 26.7. The summed E-state index contributed by atoms with van der Waals surface area (Å²) in [5, 5.41) is 43.9. The summed E-state index contributed by atoms with van der Waals surface area (Å²) in [6.07, 6.45) is 14.6. The van der Waals surface area contributed by atoms with Gasteiger partial charge in [0.1, 0.15) is 35.6 Å². The third-order valence-corrected chi connectivity index (χ3v) is 20.0. The molecule has 8 N–H and O–H groups in total. The number of unbranched alkanes of at least 4 members (excludes halogenated alkanes) is 2. The minimum atomic E-state index is -0.794. The van der Waals surface area contributed by atoms with E-state index < -0.39 is 42.3 Å². The summed E-state index contributed by atoms with van der Waals surface area (Å²) >= 11 is 0. The molecule has 22 heteroatoms. The van der Waals surface area contributed by atoms with E-state index in [0.29, 0.717) is 76.3 Å². The zero-order chi connectivity index (χ0) is 67.5. The van der Waals surface area contributed by atoms with Gasteiger partial charge in [0.2, 0.25) is 35.4 Å². The summed E-state index contributed by atoms with van der Waals surface area (Å²) in [5.74, 6) is -1.78. The molecule has 0 saturated carbocycles. The quantitative estimate of drug-likeness (QED) is 0.0217. The van der Waals surface area contributed by atoms with E-state index in [1.165, 1.54) is 11.1 Å². The molecule has 5 aromatic carbocycles. The van der Waals surface area contributed by atoms with Crippen molar-refractivity contribution in [2.24, 2.45) is 11.8 Å². The number of aromatic nitrogens is 6. The van der Waals surface area contributed by atoms with Crippen molar-refractivity contribution in [3.8, 4) is 0 Å². The number of rotatable bonds is 32. The van der Waals surface area contributed by atoms with Crippen LogP contribution in [0.5, 0.6) is 0 Å². The molecular weight excluding hydrogens is 1220 g/mol. The van der Waals surface area contributed by atoms with Gasteiger partial charge in [-0.3, -0.25) is 38.1 Å². The SMILES string of the molecule is CNCC(=O)N[C@@H]1C(=O)N2[C@@H](CC[C@@H]1CNCc1ccccc1)CC[C@H]2C(=O)N[C@@H](c1ccccc1)c1cn(CCCCc2ccc(CCCCn3cc([C@@H](NC(=O)[C@@H]4CC[C@@H]5CC[C@H](CNCc6ccccc6)[C@H](NC(=O)[C@H](C)NC)C(=O)N54)c4ccccc4)nn3)cc2)nn1. The number of carbonyl (C=O) groups is 6. The molecule has 0 spiro atoms. The molecule has 97 heavy (non-hydrogen) atoms. The van der Waals surface area contributed by atoms with E-state index in [1.807, 2.05) is 119 Å². The van der Waals surface area contributed by atoms with Crippen molar-refractivity contribution >= 4 is 35.4 Å². The number of benzene rings is 5. The Balaban J connectivity index is 0.644. The van der Waals surface area contributed by atoms with Gasteiger partial charge < -0.3 is 52.3 Å². The van der Waals surface area contributed by atoms with E-state index in [1.54, 1.807) is 30.8 Å². The smallest absolute Gasteiger partial charge is 0.246 e. The molecule has 6 amide bonds. The lowest BCUT2D eigenvalue weighted by Crippen LogP contribution is -2.59. The number of fused-ring (bicyclic) bond motifs is 2. The minimum absolute atomic E-state index is 0.0783. The fourth-order valence-corrected chi connectivity index (χ4v) is 14.6. The van der Waals surface area contributed by atoms with Gasteiger partial charge in [0.15, 0.2) is 0 Å². The van der Waals surface area contributed by atoms with Crippen LogP contribution in [0.2, 0.25) is 0 Å². The van der Waals surface area contributed by atoms with Crippen molar-refractivity contribution < 1.29 is 28.8 Å². The lowest BCUT2D eigenvalue weighted by Gasteiger charge is -2.33. The molecule has 4 fully saturated rings. The summed E-state index contributed by atoms with van der Waals surface area (Å²) in [7, 11) is 3.42. The largest absolute Gasteiger partial charge is 0.343 e. The van der Waals surface area contributed by atoms with Crippen LogP contribution in [0.15, 0.2) is 158 Å². The van der Waals surface area contributed by atoms with Crippen molar-refractivity contribution in [3.05, 3.63) is 203 Å². The molecule has 4 aliphatic rings. The van der Waals surface area contributed by atoms with Gasteiger partial charge in [-0.25, -0.2) is 0 Å². The molecule has 0 unspecified atom stereocenters. The van der Waals surface area contributed by atoms with Crippen LogP contribution in [0, 0.1) is 11.8 Å². The van der Waals surface area contributed by atoms with E-state index in [4.69, 9.17) is 0 Å². The van der Waals surface area contributed by atoms with Gasteiger partial charge in [-0.1, -0.05) is 156 Å². The van der Waals surface area contributed by atoms with Gasteiger partial charge >= 0.3 is 0 Å². The van der Waals surface area contributed by atoms with Crippen LogP contribution in [-0.4, -0.2) is 151 Å². The van der Waals surface area contributed by atoms with Gasteiger partial charge in [0, 0.05) is 63.2 Å². The van der Waals surface area contributed by atoms with Crippen LogP contribution in [-0.2, 0) is 67.8 Å². The first kappa shape index (κ1) is 69.4. The molecule has 11 rings (SSSR count). The third-order valence-electron chi connectivity index (χ3n) is 20.0. The zero-order valence-electron chi connectivity index (χ0n) is 56.2. The Labute approximate surface area is 569 Å². The number of nitrogens with one attached hydrogen (secondary N) is 8. The van der Waals surface area contributed by atoms with Crippen LogP contribution < -0.4 is 42.5 Å². The minimum Gasteiger partial charge on any atom is -0.343 e. The van der Waals surface area contributed by atoms with E-state index in [0.717, 1.165) is 86.5 Å². The maximum Gasteiger partial charge on any atom is 0.246 e. The molecule has 11 atom stereocenters. The Morgan fingerprint density at radius 2 is 0.907 bits per heavy atom. The zero-order valence-corrected chi connectivity index (χ0v) is 56.2. The van der Waals surface area contributed by atoms with Crippen molar-refractivity contribution in [1.82, 2.24) is 82.3 Å². The second kappa shape index (κ2) is 34.3. The Morgan fingerprint density at radius 3 is 1.33 bits per heavy atom. The van der Waals surface area contributed by atoms with Crippen LogP contribution in [0.3, 0.4) is 0 Å². The molecule has 0 aliphatic carbocycles. The fourth-order valence-electron chi connectivity index (χ4n) is 14.6. The fraction of sp³-hybridized carbons (Fsp3) is 0.467. The van der Waals surface area contributed by atoms with Crippen molar-refractivity contribution in [2.45, 2.75) is 177 Å².